The number of nitriles is 1. The Morgan fingerprint density at radius 1 is 1.19 bits per heavy atom. The van der Waals surface area contributed by atoms with Gasteiger partial charge in [0.2, 0.25) is 0 Å². The minimum atomic E-state index is -0.393. The number of piperidine rings is 1. The van der Waals surface area contributed by atoms with Crippen LogP contribution in [0, 0.1) is 17.1 Å². The Morgan fingerprint density at radius 3 is 2.66 bits per heavy atom. The highest BCUT2D eigenvalue weighted by atomic mass is 19.1. The van der Waals surface area contributed by atoms with Gasteiger partial charge in [0.05, 0.1) is 17.7 Å². The first-order valence-corrected chi connectivity index (χ1v) is 11.2. The molecule has 32 heavy (non-hydrogen) atoms. The molecule has 2 aromatic carbocycles. The Labute approximate surface area is 190 Å². The SMILES string of the molecule is CN=C(NCCCOC1CCN(Cc2ccccc2)CC1)NCc1ccc(C#N)cc1F. The van der Waals surface area contributed by atoms with Crippen LogP contribution < -0.4 is 10.6 Å². The van der Waals surface area contributed by atoms with Crippen molar-refractivity contribution in [2.75, 3.05) is 33.3 Å². The molecule has 0 amide bonds. The molecule has 0 aliphatic carbocycles. The Kier molecular flexibility index (Phi) is 9.48. The van der Waals surface area contributed by atoms with E-state index >= 15 is 0 Å². The standard InChI is InChI=1S/C25H32FN5O/c1-28-25(30-18-22-9-8-21(17-27)16-24(22)26)29-12-5-15-32-23-10-13-31(14-11-23)19-20-6-3-2-4-7-20/h2-4,6-9,16,23H,5,10-15,18-19H2,1H3,(H2,28,29,30). The van der Waals surface area contributed by atoms with E-state index < -0.39 is 5.82 Å². The van der Waals surface area contributed by atoms with Gasteiger partial charge in [-0.3, -0.25) is 9.89 Å². The highest BCUT2D eigenvalue weighted by Gasteiger charge is 2.19. The van der Waals surface area contributed by atoms with Crippen molar-refractivity contribution in [2.24, 2.45) is 4.99 Å². The Morgan fingerprint density at radius 2 is 1.97 bits per heavy atom. The number of guanidine groups is 1. The third-order valence-electron chi connectivity index (χ3n) is 5.60. The summed E-state index contributed by atoms with van der Waals surface area (Å²) in [7, 11) is 1.68. The van der Waals surface area contributed by atoms with Crippen LogP contribution in [0.15, 0.2) is 53.5 Å². The van der Waals surface area contributed by atoms with E-state index in [9.17, 15) is 4.39 Å². The van der Waals surface area contributed by atoms with Gasteiger partial charge in [-0.1, -0.05) is 36.4 Å². The molecule has 1 aliphatic rings. The van der Waals surface area contributed by atoms with Gasteiger partial charge in [-0.25, -0.2) is 4.39 Å². The van der Waals surface area contributed by atoms with E-state index in [1.165, 1.54) is 11.6 Å². The van der Waals surface area contributed by atoms with E-state index in [-0.39, 0.29) is 0 Å². The first-order valence-electron chi connectivity index (χ1n) is 11.2. The molecule has 0 saturated carbocycles. The van der Waals surface area contributed by atoms with E-state index in [1.54, 1.807) is 19.2 Å². The summed E-state index contributed by atoms with van der Waals surface area (Å²) in [6.07, 6.45) is 3.34. The van der Waals surface area contributed by atoms with Gasteiger partial charge in [0.1, 0.15) is 5.82 Å². The van der Waals surface area contributed by atoms with Crippen LogP contribution in [0.25, 0.3) is 0 Å². The monoisotopic (exact) mass is 437 g/mol. The van der Waals surface area contributed by atoms with Gasteiger partial charge in [-0.2, -0.15) is 5.26 Å². The zero-order valence-corrected chi connectivity index (χ0v) is 18.7. The average molecular weight is 438 g/mol. The van der Waals surface area contributed by atoms with Crippen molar-refractivity contribution in [1.29, 1.82) is 5.26 Å². The van der Waals surface area contributed by atoms with Gasteiger partial charge in [-0.15, -0.1) is 0 Å². The third-order valence-corrected chi connectivity index (χ3v) is 5.60. The average Bonchev–Trinajstić information content (AvgIpc) is 2.83. The van der Waals surface area contributed by atoms with Crippen molar-refractivity contribution >= 4 is 5.96 Å². The molecule has 2 N–H and O–H groups in total. The molecule has 1 heterocycles. The fraction of sp³-hybridized carbons (Fsp3) is 0.440. The molecule has 2 aromatic rings. The fourth-order valence-electron chi connectivity index (χ4n) is 3.76. The maximum atomic E-state index is 14.0. The van der Waals surface area contributed by atoms with Crippen LogP contribution in [0.4, 0.5) is 4.39 Å². The number of nitrogens with zero attached hydrogens (tertiary/aromatic N) is 3. The fourth-order valence-corrected chi connectivity index (χ4v) is 3.76. The van der Waals surface area contributed by atoms with Crippen molar-refractivity contribution in [3.63, 3.8) is 0 Å². The van der Waals surface area contributed by atoms with Gasteiger partial charge in [0.25, 0.3) is 0 Å². The third kappa shape index (κ3) is 7.63. The van der Waals surface area contributed by atoms with Crippen molar-refractivity contribution in [1.82, 2.24) is 15.5 Å². The van der Waals surface area contributed by atoms with E-state index in [0.29, 0.717) is 36.3 Å². The molecular formula is C25H32FN5O. The molecule has 0 atom stereocenters. The molecule has 7 heteroatoms. The summed E-state index contributed by atoms with van der Waals surface area (Å²) >= 11 is 0. The highest BCUT2D eigenvalue weighted by molar-refractivity contribution is 5.79. The number of benzene rings is 2. The summed E-state index contributed by atoms with van der Waals surface area (Å²) in [5, 5.41) is 15.2. The number of hydrogen-bond acceptors (Lipinski definition) is 4. The molecule has 0 unspecified atom stereocenters. The molecule has 0 radical (unpaired) electrons. The van der Waals surface area contributed by atoms with Crippen LogP contribution in [0.3, 0.4) is 0 Å². The summed E-state index contributed by atoms with van der Waals surface area (Å²) in [5.41, 5.74) is 2.17. The quantitative estimate of drug-likeness (QED) is 0.357. The van der Waals surface area contributed by atoms with Crippen LogP contribution in [0.5, 0.6) is 0 Å². The second-order valence-electron chi connectivity index (χ2n) is 7.96. The Bertz CT molecular complexity index is 904. The first-order chi connectivity index (χ1) is 15.7. The smallest absolute Gasteiger partial charge is 0.191 e. The maximum Gasteiger partial charge on any atom is 0.191 e. The zero-order valence-electron chi connectivity index (χ0n) is 18.7. The topological polar surface area (TPSA) is 72.7 Å². The molecule has 1 fully saturated rings. The summed E-state index contributed by atoms with van der Waals surface area (Å²) in [4.78, 5) is 6.66. The molecule has 1 saturated heterocycles. The van der Waals surface area contributed by atoms with E-state index in [0.717, 1.165) is 45.4 Å². The normalized spacial score (nSPS) is 15.3. The molecule has 170 valence electrons. The lowest BCUT2D eigenvalue weighted by Gasteiger charge is -2.32. The number of ether oxygens (including phenoxy) is 1. The lowest BCUT2D eigenvalue weighted by atomic mass is 10.1. The van der Waals surface area contributed by atoms with Gasteiger partial charge in [0.15, 0.2) is 5.96 Å². The zero-order chi connectivity index (χ0) is 22.6. The maximum absolute atomic E-state index is 14.0. The number of aliphatic imine (C=N–C) groups is 1. The second kappa shape index (κ2) is 12.8. The first kappa shape index (κ1) is 23.7. The van der Waals surface area contributed by atoms with Crippen molar-refractivity contribution < 1.29 is 9.13 Å². The summed E-state index contributed by atoms with van der Waals surface area (Å²) in [6.45, 7) is 4.88. The minimum Gasteiger partial charge on any atom is -0.378 e. The predicted octanol–water partition coefficient (Wildman–Crippen LogP) is 3.43. The van der Waals surface area contributed by atoms with E-state index in [1.807, 2.05) is 6.07 Å². The number of likely N-dealkylation sites (tertiary alicyclic amines) is 1. The molecule has 0 bridgehead atoms. The number of hydrogen-bond donors (Lipinski definition) is 2. The summed E-state index contributed by atoms with van der Waals surface area (Å²) < 4.78 is 20.0. The Balaban J connectivity index is 1.27. The van der Waals surface area contributed by atoms with E-state index in [2.05, 4.69) is 50.9 Å². The minimum absolute atomic E-state index is 0.301. The van der Waals surface area contributed by atoms with Crippen LogP contribution >= 0.6 is 0 Å². The number of nitrogens with one attached hydrogen (secondary N) is 2. The summed E-state index contributed by atoms with van der Waals surface area (Å²) in [6, 6.07) is 17.0. The van der Waals surface area contributed by atoms with Crippen LogP contribution in [0.1, 0.15) is 36.0 Å². The van der Waals surface area contributed by atoms with E-state index in [4.69, 9.17) is 10.00 Å². The van der Waals surface area contributed by atoms with Gasteiger partial charge in [0, 0.05) is 51.9 Å². The van der Waals surface area contributed by atoms with Gasteiger partial charge >= 0.3 is 0 Å². The Hall–Kier alpha value is -2.95. The van der Waals surface area contributed by atoms with Crippen molar-refractivity contribution in [3.8, 4) is 6.07 Å². The lowest BCUT2D eigenvalue weighted by Crippen LogP contribution is -2.38. The predicted molar refractivity (Wildman–Crippen MR) is 125 cm³/mol. The van der Waals surface area contributed by atoms with Gasteiger partial charge in [-0.05, 0) is 37.0 Å². The molecule has 0 aromatic heterocycles. The number of halogens is 1. The second-order valence-corrected chi connectivity index (χ2v) is 7.96. The molecule has 3 rings (SSSR count). The molecule has 0 spiro atoms. The summed E-state index contributed by atoms with van der Waals surface area (Å²) in [5.74, 6) is 0.221. The van der Waals surface area contributed by atoms with Crippen molar-refractivity contribution in [2.45, 2.75) is 38.5 Å². The van der Waals surface area contributed by atoms with Crippen LogP contribution in [-0.2, 0) is 17.8 Å². The highest BCUT2D eigenvalue weighted by Crippen LogP contribution is 2.16. The lowest BCUT2D eigenvalue weighted by molar-refractivity contribution is 0.00534. The van der Waals surface area contributed by atoms with Crippen molar-refractivity contribution in [3.05, 3.63) is 71.0 Å². The molecule has 1 aliphatic heterocycles. The van der Waals surface area contributed by atoms with Crippen LogP contribution in [0.2, 0.25) is 0 Å². The van der Waals surface area contributed by atoms with Crippen LogP contribution in [-0.4, -0.2) is 50.3 Å². The number of rotatable bonds is 9. The molecule has 6 nitrogen and oxygen atoms in total. The largest absolute Gasteiger partial charge is 0.378 e. The molecular weight excluding hydrogens is 405 g/mol. The van der Waals surface area contributed by atoms with Gasteiger partial charge < -0.3 is 15.4 Å².